The Morgan fingerprint density at radius 3 is 2.70 bits per heavy atom. The number of rotatable bonds is 1. The van der Waals surface area contributed by atoms with Crippen LogP contribution in [0.15, 0.2) is 12.4 Å². The zero-order valence-electron chi connectivity index (χ0n) is 11.4. The van der Waals surface area contributed by atoms with Crippen LogP contribution >= 0.6 is 11.6 Å². The van der Waals surface area contributed by atoms with Crippen molar-refractivity contribution in [1.29, 1.82) is 10.8 Å². The summed E-state index contributed by atoms with van der Waals surface area (Å²) in [6.07, 6.45) is 2.74. The summed E-state index contributed by atoms with van der Waals surface area (Å²) in [5.74, 6) is -3.40. The van der Waals surface area contributed by atoms with E-state index in [-0.39, 0.29) is 29.3 Å². The number of aromatic nitrogens is 2. The monoisotopic (exact) mass is 302 g/mol. The molecule has 0 aromatic carbocycles. The van der Waals surface area contributed by atoms with E-state index in [0.717, 1.165) is 0 Å². The molecule has 0 radical (unpaired) electrons. The number of alkyl halides is 2. The van der Waals surface area contributed by atoms with Crippen molar-refractivity contribution in [1.82, 2.24) is 9.55 Å². The van der Waals surface area contributed by atoms with E-state index in [1.807, 2.05) is 0 Å². The molecule has 1 aromatic rings. The fourth-order valence-corrected chi connectivity index (χ4v) is 3.08. The van der Waals surface area contributed by atoms with E-state index in [0.29, 0.717) is 6.42 Å². The third-order valence-corrected chi connectivity index (χ3v) is 3.84. The molecule has 1 aromatic heterocycles. The number of hydrogen-bond donors (Lipinski definition) is 2. The average molecular weight is 303 g/mol. The molecule has 1 unspecified atom stereocenters. The van der Waals surface area contributed by atoms with Crippen molar-refractivity contribution in [3.63, 3.8) is 0 Å². The highest BCUT2D eigenvalue weighted by atomic mass is 35.5. The summed E-state index contributed by atoms with van der Waals surface area (Å²) in [5, 5.41) is 15.9. The molecule has 1 atom stereocenters. The van der Waals surface area contributed by atoms with Crippen LogP contribution in [0.5, 0.6) is 0 Å². The number of halogens is 3. The highest BCUT2D eigenvalue weighted by Gasteiger charge is 2.46. The summed E-state index contributed by atoms with van der Waals surface area (Å²) >= 11 is 5.74. The van der Waals surface area contributed by atoms with Gasteiger partial charge in [0.05, 0.1) is 0 Å². The standard InChI is InChI=1S/C13H17ClF2N4/c1-12(2)5-8(6-13(15,16)7-12)10(17)20-4-3-19-9(14)11(20)18/h3-4,8,17-18H,5-7H2,1-2H3. The lowest BCUT2D eigenvalue weighted by Gasteiger charge is -2.40. The molecule has 0 amide bonds. The highest BCUT2D eigenvalue weighted by molar-refractivity contribution is 6.29. The Morgan fingerprint density at radius 1 is 1.45 bits per heavy atom. The topological polar surface area (TPSA) is 65.5 Å². The highest BCUT2D eigenvalue weighted by Crippen LogP contribution is 2.47. The van der Waals surface area contributed by atoms with Gasteiger partial charge in [-0.15, -0.1) is 0 Å². The summed E-state index contributed by atoms with van der Waals surface area (Å²) in [5.41, 5.74) is -0.677. The molecule has 0 bridgehead atoms. The van der Waals surface area contributed by atoms with E-state index in [1.54, 1.807) is 13.8 Å². The number of nitrogens with zero attached hydrogens (tertiary/aromatic N) is 2. The van der Waals surface area contributed by atoms with Gasteiger partial charge in [-0.05, 0) is 11.8 Å². The fraction of sp³-hybridized carbons (Fsp3) is 0.615. The Kier molecular flexibility index (Phi) is 3.71. The van der Waals surface area contributed by atoms with Gasteiger partial charge in [-0.3, -0.25) is 15.4 Å². The van der Waals surface area contributed by atoms with Crippen LogP contribution in [0.25, 0.3) is 0 Å². The molecule has 1 saturated carbocycles. The third kappa shape index (κ3) is 3.06. The van der Waals surface area contributed by atoms with Gasteiger partial charge in [0.2, 0.25) is 5.92 Å². The van der Waals surface area contributed by atoms with Crippen LogP contribution in [0.4, 0.5) is 8.78 Å². The molecule has 110 valence electrons. The summed E-state index contributed by atoms with van der Waals surface area (Å²) < 4.78 is 28.8. The predicted molar refractivity (Wildman–Crippen MR) is 72.3 cm³/mol. The molecule has 20 heavy (non-hydrogen) atoms. The van der Waals surface area contributed by atoms with Crippen LogP contribution in [0, 0.1) is 22.2 Å². The van der Waals surface area contributed by atoms with Crippen molar-refractivity contribution in [2.24, 2.45) is 11.3 Å². The molecule has 7 heteroatoms. The van der Waals surface area contributed by atoms with Crippen LogP contribution in [-0.4, -0.2) is 21.3 Å². The molecule has 4 nitrogen and oxygen atoms in total. The van der Waals surface area contributed by atoms with Crippen molar-refractivity contribution in [3.05, 3.63) is 23.0 Å². The summed E-state index contributed by atoms with van der Waals surface area (Å²) in [4.78, 5) is 3.74. The Morgan fingerprint density at radius 2 is 2.10 bits per heavy atom. The normalized spacial score (nSPS) is 24.4. The summed E-state index contributed by atoms with van der Waals surface area (Å²) in [7, 11) is 0. The molecule has 0 spiro atoms. The Labute approximate surface area is 120 Å². The van der Waals surface area contributed by atoms with Gasteiger partial charge in [0.25, 0.3) is 0 Å². The van der Waals surface area contributed by atoms with Gasteiger partial charge in [0.15, 0.2) is 10.6 Å². The smallest absolute Gasteiger partial charge is 0.249 e. The minimum Gasteiger partial charge on any atom is -0.288 e. The zero-order valence-corrected chi connectivity index (χ0v) is 12.1. The first kappa shape index (κ1) is 15.1. The lowest BCUT2D eigenvalue weighted by atomic mass is 9.70. The van der Waals surface area contributed by atoms with E-state index < -0.39 is 17.3 Å². The summed E-state index contributed by atoms with van der Waals surface area (Å²) in [6, 6.07) is 0. The van der Waals surface area contributed by atoms with Crippen molar-refractivity contribution in [2.45, 2.75) is 39.0 Å². The molecular formula is C13H17ClF2N4. The predicted octanol–water partition coefficient (Wildman–Crippen LogP) is 3.30. The van der Waals surface area contributed by atoms with E-state index in [1.165, 1.54) is 17.0 Å². The van der Waals surface area contributed by atoms with Gasteiger partial charge in [-0.25, -0.2) is 13.8 Å². The Bertz CT molecular complexity index is 578. The van der Waals surface area contributed by atoms with Crippen LogP contribution < -0.4 is 5.49 Å². The molecule has 1 aliphatic carbocycles. The van der Waals surface area contributed by atoms with Crippen molar-refractivity contribution < 1.29 is 8.78 Å². The maximum Gasteiger partial charge on any atom is 0.249 e. The SMILES string of the molecule is CC1(C)CC(C(=N)n2ccnc(Cl)c2=N)CC(F)(F)C1. The molecule has 1 aliphatic rings. The van der Waals surface area contributed by atoms with Crippen molar-refractivity contribution in [3.8, 4) is 0 Å². The van der Waals surface area contributed by atoms with E-state index in [4.69, 9.17) is 22.4 Å². The second-order valence-corrected chi connectivity index (χ2v) is 6.48. The fourth-order valence-electron chi connectivity index (χ4n) is 2.94. The molecule has 1 heterocycles. The molecule has 1 fully saturated rings. The Hall–Kier alpha value is -1.30. The van der Waals surface area contributed by atoms with Gasteiger partial charge in [0.1, 0.15) is 5.84 Å². The first-order chi connectivity index (χ1) is 9.11. The van der Waals surface area contributed by atoms with Gasteiger partial charge < -0.3 is 0 Å². The quantitative estimate of drug-likeness (QED) is 0.606. The van der Waals surface area contributed by atoms with Crippen LogP contribution in [0.2, 0.25) is 5.15 Å². The van der Waals surface area contributed by atoms with Crippen LogP contribution in [-0.2, 0) is 0 Å². The number of hydrogen-bond acceptors (Lipinski definition) is 3. The first-order valence-electron chi connectivity index (χ1n) is 6.36. The van der Waals surface area contributed by atoms with Crippen LogP contribution in [0.1, 0.15) is 33.1 Å². The second kappa shape index (κ2) is 4.91. The molecule has 2 N–H and O–H groups in total. The zero-order chi connectivity index (χ0) is 15.1. The molecule has 0 saturated heterocycles. The lowest BCUT2D eigenvalue weighted by molar-refractivity contribution is -0.0835. The summed E-state index contributed by atoms with van der Waals surface area (Å²) in [6.45, 7) is 3.57. The maximum atomic E-state index is 13.8. The van der Waals surface area contributed by atoms with E-state index in [9.17, 15) is 8.78 Å². The molecule has 2 rings (SSSR count). The minimum absolute atomic E-state index is 0.0215. The average Bonchev–Trinajstić information content (AvgIpc) is 2.28. The molecular weight excluding hydrogens is 286 g/mol. The van der Waals surface area contributed by atoms with Gasteiger partial charge in [-0.2, -0.15) is 0 Å². The Balaban J connectivity index is 2.34. The van der Waals surface area contributed by atoms with Gasteiger partial charge in [-0.1, -0.05) is 25.4 Å². The first-order valence-corrected chi connectivity index (χ1v) is 6.73. The van der Waals surface area contributed by atoms with Gasteiger partial charge >= 0.3 is 0 Å². The second-order valence-electron chi connectivity index (χ2n) is 6.12. The van der Waals surface area contributed by atoms with E-state index in [2.05, 4.69) is 4.98 Å². The third-order valence-electron chi connectivity index (χ3n) is 3.57. The lowest BCUT2D eigenvalue weighted by Crippen LogP contribution is -2.43. The van der Waals surface area contributed by atoms with Crippen LogP contribution in [0.3, 0.4) is 0 Å². The maximum absolute atomic E-state index is 13.8. The minimum atomic E-state index is -2.78. The van der Waals surface area contributed by atoms with Crippen molar-refractivity contribution >= 4 is 17.4 Å². The largest absolute Gasteiger partial charge is 0.288 e. The van der Waals surface area contributed by atoms with Gasteiger partial charge in [0, 0.05) is 31.2 Å². The number of nitrogens with one attached hydrogen (secondary N) is 2. The molecule has 0 aliphatic heterocycles. The van der Waals surface area contributed by atoms with Crippen molar-refractivity contribution in [2.75, 3.05) is 0 Å². The van der Waals surface area contributed by atoms with E-state index >= 15 is 0 Å².